The number of rotatable bonds is 3. The van der Waals surface area contributed by atoms with Crippen molar-refractivity contribution in [2.75, 3.05) is 11.9 Å². The van der Waals surface area contributed by atoms with Gasteiger partial charge in [-0.15, -0.1) is 0 Å². The molecule has 2 atom stereocenters. The SMILES string of the molecule is Cc1nc2ccccc2nc1NCC1CCC(N)C1. The molecule has 4 heteroatoms. The van der Waals surface area contributed by atoms with Crippen LogP contribution in [0, 0.1) is 12.8 Å². The van der Waals surface area contributed by atoms with E-state index < -0.39 is 0 Å². The minimum Gasteiger partial charge on any atom is -0.368 e. The molecular formula is C15H20N4. The summed E-state index contributed by atoms with van der Waals surface area (Å²) in [6.07, 6.45) is 3.48. The molecule has 19 heavy (non-hydrogen) atoms. The van der Waals surface area contributed by atoms with Gasteiger partial charge in [0, 0.05) is 12.6 Å². The molecule has 0 radical (unpaired) electrons. The Morgan fingerprint density at radius 3 is 2.63 bits per heavy atom. The highest BCUT2D eigenvalue weighted by atomic mass is 15.0. The second-order valence-electron chi connectivity index (χ2n) is 5.47. The fourth-order valence-corrected chi connectivity index (χ4v) is 2.80. The molecule has 1 aromatic carbocycles. The van der Waals surface area contributed by atoms with E-state index in [2.05, 4.69) is 15.3 Å². The zero-order valence-corrected chi connectivity index (χ0v) is 11.3. The Hall–Kier alpha value is -1.68. The average molecular weight is 256 g/mol. The Kier molecular flexibility index (Phi) is 3.34. The molecule has 3 N–H and O–H groups in total. The van der Waals surface area contributed by atoms with Gasteiger partial charge in [0.05, 0.1) is 16.7 Å². The maximum Gasteiger partial charge on any atom is 0.148 e. The van der Waals surface area contributed by atoms with Crippen molar-refractivity contribution in [2.45, 2.75) is 32.2 Å². The van der Waals surface area contributed by atoms with Crippen LogP contribution in [0.25, 0.3) is 11.0 Å². The van der Waals surface area contributed by atoms with Gasteiger partial charge in [0.25, 0.3) is 0 Å². The van der Waals surface area contributed by atoms with E-state index in [1.165, 1.54) is 6.42 Å². The smallest absolute Gasteiger partial charge is 0.148 e. The quantitative estimate of drug-likeness (QED) is 0.885. The molecule has 2 unspecified atom stereocenters. The summed E-state index contributed by atoms with van der Waals surface area (Å²) in [5, 5.41) is 3.44. The highest BCUT2D eigenvalue weighted by molar-refractivity contribution is 5.76. The zero-order chi connectivity index (χ0) is 13.2. The standard InChI is InChI=1S/C15H20N4/c1-10-15(17-9-11-6-7-12(16)8-11)19-14-5-3-2-4-13(14)18-10/h2-5,11-12H,6-9,16H2,1H3,(H,17,19). The fourth-order valence-electron chi connectivity index (χ4n) is 2.80. The van der Waals surface area contributed by atoms with E-state index in [1.807, 2.05) is 31.2 Å². The lowest BCUT2D eigenvalue weighted by Crippen LogP contribution is -2.18. The van der Waals surface area contributed by atoms with Crippen LogP contribution in [0.4, 0.5) is 5.82 Å². The lowest BCUT2D eigenvalue weighted by molar-refractivity contribution is 0.564. The first-order valence-electron chi connectivity index (χ1n) is 6.95. The highest BCUT2D eigenvalue weighted by Crippen LogP contribution is 2.25. The summed E-state index contributed by atoms with van der Waals surface area (Å²) in [5.74, 6) is 1.57. The van der Waals surface area contributed by atoms with Gasteiger partial charge in [-0.25, -0.2) is 9.97 Å². The molecule has 1 heterocycles. The summed E-state index contributed by atoms with van der Waals surface area (Å²) in [5.41, 5.74) is 8.80. The fraction of sp³-hybridized carbons (Fsp3) is 0.467. The second kappa shape index (κ2) is 5.13. The summed E-state index contributed by atoms with van der Waals surface area (Å²) >= 11 is 0. The van der Waals surface area contributed by atoms with Gasteiger partial charge >= 0.3 is 0 Å². The van der Waals surface area contributed by atoms with Gasteiger partial charge in [0.2, 0.25) is 0 Å². The number of nitrogens with two attached hydrogens (primary N) is 1. The van der Waals surface area contributed by atoms with Crippen LogP contribution in [0.1, 0.15) is 25.0 Å². The van der Waals surface area contributed by atoms with E-state index >= 15 is 0 Å². The zero-order valence-electron chi connectivity index (χ0n) is 11.3. The molecule has 1 aliphatic rings. The molecule has 3 rings (SSSR count). The van der Waals surface area contributed by atoms with Gasteiger partial charge in [0.1, 0.15) is 5.82 Å². The Morgan fingerprint density at radius 1 is 1.21 bits per heavy atom. The molecule has 0 bridgehead atoms. The van der Waals surface area contributed by atoms with Crippen LogP contribution in [0.3, 0.4) is 0 Å². The first-order chi connectivity index (χ1) is 9.22. The van der Waals surface area contributed by atoms with Crippen LogP contribution < -0.4 is 11.1 Å². The van der Waals surface area contributed by atoms with Crippen LogP contribution in [-0.2, 0) is 0 Å². The van der Waals surface area contributed by atoms with Gasteiger partial charge in [-0.3, -0.25) is 0 Å². The number of fused-ring (bicyclic) bond motifs is 1. The molecular weight excluding hydrogens is 236 g/mol. The Morgan fingerprint density at radius 2 is 1.95 bits per heavy atom. The molecule has 1 fully saturated rings. The maximum absolute atomic E-state index is 5.94. The normalized spacial score (nSPS) is 22.8. The Balaban J connectivity index is 1.75. The van der Waals surface area contributed by atoms with Crippen molar-refractivity contribution >= 4 is 16.9 Å². The Bertz CT molecular complexity index is 581. The molecule has 0 saturated heterocycles. The molecule has 1 aliphatic carbocycles. The van der Waals surface area contributed by atoms with E-state index in [4.69, 9.17) is 5.73 Å². The number of nitrogens with one attached hydrogen (secondary N) is 1. The molecule has 1 aromatic heterocycles. The first kappa shape index (κ1) is 12.4. The number of aryl methyl sites for hydroxylation is 1. The highest BCUT2D eigenvalue weighted by Gasteiger charge is 2.21. The number of hydrogen-bond acceptors (Lipinski definition) is 4. The molecule has 1 saturated carbocycles. The Labute approximate surface area is 113 Å². The molecule has 0 spiro atoms. The van der Waals surface area contributed by atoms with Crippen LogP contribution in [0.15, 0.2) is 24.3 Å². The number of para-hydroxylation sites is 2. The van der Waals surface area contributed by atoms with Crippen LogP contribution in [0.5, 0.6) is 0 Å². The van der Waals surface area contributed by atoms with Gasteiger partial charge in [-0.05, 0) is 44.2 Å². The summed E-state index contributed by atoms with van der Waals surface area (Å²) in [7, 11) is 0. The number of benzene rings is 1. The third kappa shape index (κ3) is 2.68. The third-order valence-electron chi connectivity index (χ3n) is 3.88. The van der Waals surface area contributed by atoms with E-state index in [-0.39, 0.29) is 0 Å². The van der Waals surface area contributed by atoms with Crippen molar-refractivity contribution in [3.05, 3.63) is 30.0 Å². The molecule has 0 amide bonds. The largest absolute Gasteiger partial charge is 0.368 e. The summed E-state index contributed by atoms with van der Waals surface area (Å²) in [6, 6.07) is 8.36. The van der Waals surface area contributed by atoms with Crippen LogP contribution in [-0.4, -0.2) is 22.6 Å². The van der Waals surface area contributed by atoms with Crippen molar-refractivity contribution in [3.63, 3.8) is 0 Å². The molecule has 4 nitrogen and oxygen atoms in total. The van der Waals surface area contributed by atoms with Crippen LogP contribution in [0.2, 0.25) is 0 Å². The summed E-state index contributed by atoms with van der Waals surface area (Å²) in [4.78, 5) is 9.24. The van der Waals surface area contributed by atoms with Crippen LogP contribution >= 0.6 is 0 Å². The minimum absolute atomic E-state index is 0.385. The number of aromatic nitrogens is 2. The second-order valence-corrected chi connectivity index (χ2v) is 5.47. The van der Waals surface area contributed by atoms with E-state index in [1.54, 1.807) is 0 Å². The summed E-state index contributed by atoms with van der Waals surface area (Å²) < 4.78 is 0. The van der Waals surface area contributed by atoms with E-state index in [9.17, 15) is 0 Å². The predicted molar refractivity (Wildman–Crippen MR) is 78.1 cm³/mol. The topological polar surface area (TPSA) is 63.8 Å². The number of nitrogens with zero attached hydrogens (tertiary/aromatic N) is 2. The van der Waals surface area contributed by atoms with Gasteiger partial charge in [-0.2, -0.15) is 0 Å². The van der Waals surface area contributed by atoms with Gasteiger partial charge < -0.3 is 11.1 Å². The molecule has 2 aromatic rings. The molecule has 0 aliphatic heterocycles. The summed E-state index contributed by atoms with van der Waals surface area (Å²) in [6.45, 7) is 2.95. The lowest BCUT2D eigenvalue weighted by Gasteiger charge is -2.13. The average Bonchev–Trinajstić information content (AvgIpc) is 2.82. The lowest BCUT2D eigenvalue weighted by atomic mass is 10.1. The van der Waals surface area contributed by atoms with Crippen molar-refractivity contribution < 1.29 is 0 Å². The number of anilines is 1. The molecule has 100 valence electrons. The minimum atomic E-state index is 0.385. The van der Waals surface area contributed by atoms with E-state index in [0.29, 0.717) is 12.0 Å². The van der Waals surface area contributed by atoms with E-state index in [0.717, 1.165) is 41.9 Å². The maximum atomic E-state index is 5.94. The van der Waals surface area contributed by atoms with Crippen molar-refractivity contribution in [2.24, 2.45) is 11.7 Å². The van der Waals surface area contributed by atoms with Gasteiger partial charge in [0.15, 0.2) is 0 Å². The van der Waals surface area contributed by atoms with Crippen molar-refractivity contribution in [1.29, 1.82) is 0 Å². The number of hydrogen-bond donors (Lipinski definition) is 2. The van der Waals surface area contributed by atoms with Crippen molar-refractivity contribution in [1.82, 2.24) is 9.97 Å². The monoisotopic (exact) mass is 256 g/mol. The van der Waals surface area contributed by atoms with Gasteiger partial charge in [-0.1, -0.05) is 12.1 Å². The third-order valence-corrected chi connectivity index (χ3v) is 3.88. The first-order valence-corrected chi connectivity index (χ1v) is 6.95. The van der Waals surface area contributed by atoms with Crippen molar-refractivity contribution in [3.8, 4) is 0 Å². The predicted octanol–water partition coefficient (Wildman–Crippen LogP) is 2.48.